The summed E-state index contributed by atoms with van der Waals surface area (Å²) in [5, 5.41) is 10.2. The monoisotopic (exact) mass is 439 g/mol. The Kier molecular flexibility index (Phi) is 5.15. The van der Waals surface area contributed by atoms with Crippen LogP contribution in [0.25, 0.3) is 10.9 Å². The first-order valence-corrected chi connectivity index (χ1v) is 10.8. The van der Waals surface area contributed by atoms with Gasteiger partial charge in [-0.1, -0.05) is 11.6 Å². The van der Waals surface area contributed by atoms with Gasteiger partial charge in [0.15, 0.2) is 11.0 Å². The summed E-state index contributed by atoms with van der Waals surface area (Å²) in [5.74, 6) is -0.266. The summed E-state index contributed by atoms with van der Waals surface area (Å²) in [6, 6.07) is 0.0299. The number of hydrogen-bond acceptors (Lipinski definition) is 7. The molecular weight excluding hydrogens is 416 g/mol. The number of anilines is 1. The van der Waals surface area contributed by atoms with Crippen LogP contribution < -0.4 is 9.64 Å². The number of aliphatic hydroxyl groups excluding tert-OH is 1. The number of aliphatic hydroxyl groups is 1. The highest BCUT2D eigenvalue weighted by Gasteiger charge is 2.49. The van der Waals surface area contributed by atoms with Gasteiger partial charge in [-0.2, -0.15) is 9.97 Å². The Balaban J connectivity index is 1.50. The number of nitrogens with zero attached hydrogens (tertiary/aromatic N) is 5. The molecule has 5 heterocycles. The van der Waals surface area contributed by atoms with Crippen molar-refractivity contribution in [2.45, 2.75) is 49.9 Å². The average Bonchev–Trinajstić information content (AvgIpc) is 3.24. The standard InChI is InChI=1S/C20H24ClF2N5O2/c21-17-15(23)16-14(8-24-17)18(27-5-1-3-13(29)10-27)26-19(25-16)30-11-20-4-2-6-28(20)9-12(22)7-20/h8,12-13,29H,1-7,9-11H2/t12-,13?,20+/m1/s1. The average molecular weight is 440 g/mol. The number of alkyl halides is 1. The van der Waals surface area contributed by atoms with E-state index in [-0.39, 0.29) is 28.8 Å². The number of halogens is 3. The molecule has 0 spiro atoms. The van der Waals surface area contributed by atoms with Gasteiger partial charge in [0, 0.05) is 32.3 Å². The molecule has 3 aliphatic rings. The normalized spacial score (nSPS) is 29.5. The number of ether oxygens (including phenoxy) is 1. The molecule has 0 aromatic carbocycles. The van der Waals surface area contributed by atoms with Crippen molar-refractivity contribution >= 4 is 28.3 Å². The third-order valence-corrected chi connectivity index (χ3v) is 6.79. The van der Waals surface area contributed by atoms with Gasteiger partial charge < -0.3 is 14.7 Å². The Morgan fingerprint density at radius 1 is 1.27 bits per heavy atom. The topological polar surface area (TPSA) is 74.6 Å². The SMILES string of the molecule is OC1CCCN(c2nc(OC[C@@]34CCCN3C[C@H](F)C4)nc3c(F)c(Cl)ncc23)C1. The van der Waals surface area contributed by atoms with E-state index in [9.17, 15) is 13.9 Å². The van der Waals surface area contributed by atoms with Crippen molar-refractivity contribution in [3.8, 4) is 6.01 Å². The van der Waals surface area contributed by atoms with Gasteiger partial charge in [-0.3, -0.25) is 4.90 Å². The highest BCUT2D eigenvalue weighted by molar-refractivity contribution is 6.30. The Morgan fingerprint density at radius 2 is 2.13 bits per heavy atom. The minimum atomic E-state index is -0.862. The van der Waals surface area contributed by atoms with E-state index in [1.807, 2.05) is 4.90 Å². The highest BCUT2D eigenvalue weighted by atomic mass is 35.5. The molecule has 2 aromatic rings. The second kappa shape index (κ2) is 7.69. The minimum Gasteiger partial charge on any atom is -0.461 e. The zero-order valence-electron chi connectivity index (χ0n) is 16.5. The number of β-amino-alcohol motifs (C(OH)–C–C–N with tert-alkyl or cyclic N) is 1. The van der Waals surface area contributed by atoms with Crippen LogP contribution in [-0.4, -0.2) is 75.6 Å². The van der Waals surface area contributed by atoms with Crippen molar-refractivity contribution in [2.24, 2.45) is 0 Å². The molecule has 7 nitrogen and oxygen atoms in total. The predicted octanol–water partition coefficient (Wildman–Crippen LogP) is 2.73. The molecule has 0 saturated carbocycles. The first-order chi connectivity index (χ1) is 14.4. The Labute approximate surface area is 178 Å². The maximum Gasteiger partial charge on any atom is 0.319 e. The van der Waals surface area contributed by atoms with Crippen molar-refractivity contribution in [3.05, 3.63) is 17.2 Å². The molecular formula is C20H24ClF2N5O2. The third kappa shape index (κ3) is 3.46. The van der Waals surface area contributed by atoms with E-state index in [0.29, 0.717) is 43.7 Å². The lowest BCUT2D eigenvalue weighted by Crippen LogP contribution is -2.43. The van der Waals surface area contributed by atoms with Crippen LogP contribution in [0.4, 0.5) is 14.6 Å². The van der Waals surface area contributed by atoms with Gasteiger partial charge in [0.2, 0.25) is 0 Å². The molecule has 0 bridgehead atoms. The molecule has 10 heteroatoms. The molecule has 0 amide bonds. The first-order valence-electron chi connectivity index (χ1n) is 10.4. The zero-order valence-corrected chi connectivity index (χ0v) is 17.3. The van der Waals surface area contributed by atoms with Crippen LogP contribution in [0.15, 0.2) is 6.20 Å². The summed E-state index contributed by atoms with van der Waals surface area (Å²) in [5.41, 5.74) is -0.321. The number of hydrogen-bond donors (Lipinski definition) is 1. The zero-order chi connectivity index (χ0) is 20.9. The molecule has 1 N–H and O–H groups in total. The van der Waals surface area contributed by atoms with E-state index >= 15 is 0 Å². The molecule has 0 aliphatic carbocycles. The third-order valence-electron chi connectivity index (χ3n) is 6.53. The summed E-state index contributed by atoms with van der Waals surface area (Å²) >= 11 is 5.88. The van der Waals surface area contributed by atoms with Crippen molar-refractivity contribution < 1.29 is 18.6 Å². The predicted molar refractivity (Wildman–Crippen MR) is 108 cm³/mol. The van der Waals surface area contributed by atoms with Crippen molar-refractivity contribution in [3.63, 3.8) is 0 Å². The van der Waals surface area contributed by atoms with E-state index in [1.54, 1.807) is 0 Å². The second-order valence-electron chi connectivity index (χ2n) is 8.56. The van der Waals surface area contributed by atoms with Crippen LogP contribution in [0.3, 0.4) is 0 Å². The van der Waals surface area contributed by atoms with Crippen molar-refractivity contribution in [1.29, 1.82) is 0 Å². The van der Waals surface area contributed by atoms with Gasteiger partial charge in [-0.05, 0) is 32.2 Å². The number of aromatic nitrogens is 3. The number of fused-ring (bicyclic) bond motifs is 2. The molecule has 0 radical (unpaired) electrons. The Hall–Kier alpha value is -1.84. The molecule has 5 rings (SSSR count). The molecule has 3 atom stereocenters. The van der Waals surface area contributed by atoms with E-state index < -0.39 is 18.1 Å². The fourth-order valence-electron chi connectivity index (χ4n) is 5.10. The lowest BCUT2D eigenvalue weighted by molar-refractivity contribution is 0.107. The molecule has 162 valence electrons. The second-order valence-corrected chi connectivity index (χ2v) is 8.92. The summed E-state index contributed by atoms with van der Waals surface area (Å²) in [4.78, 5) is 16.7. The Morgan fingerprint density at radius 3 is 2.97 bits per heavy atom. The largest absolute Gasteiger partial charge is 0.461 e. The molecule has 3 aliphatic heterocycles. The minimum absolute atomic E-state index is 0.0299. The highest BCUT2D eigenvalue weighted by Crippen LogP contribution is 2.40. The van der Waals surface area contributed by atoms with E-state index in [4.69, 9.17) is 16.3 Å². The quantitative estimate of drug-likeness (QED) is 0.734. The first kappa shape index (κ1) is 20.1. The van der Waals surface area contributed by atoms with E-state index in [0.717, 1.165) is 25.8 Å². The summed E-state index contributed by atoms with van der Waals surface area (Å²) in [6.07, 6.45) is 3.89. The van der Waals surface area contributed by atoms with Gasteiger partial charge in [-0.25, -0.2) is 13.8 Å². The summed E-state index contributed by atoms with van der Waals surface area (Å²) in [6.45, 7) is 2.59. The smallest absolute Gasteiger partial charge is 0.319 e. The molecule has 3 saturated heterocycles. The Bertz CT molecular complexity index is 966. The van der Waals surface area contributed by atoms with Gasteiger partial charge in [0.25, 0.3) is 0 Å². The summed E-state index contributed by atoms with van der Waals surface area (Å²) in [7, 11) is 0. The maximum atomic E-state index is 14.7. The molecule has 30 heavy (non-hydrogen) atoms. The lowest BCUT2D eigenvalue weighted by atomic mass is 9.95. The number of pyridine rings is 1. The lowest BCUT2D eigenvalue weighted by Gasteiger charge is -2.32. The van der Waals surface area contributed by atoms with Crippen molar-refractivity contribution in [1.82, 2.24) is 19.9 Å². The summed E-state index contributed by atoms with van der Waals surface area (Å²) < 4.78 is 34.7. The van der Waals surface area contributed by atoms with Crippen LogP contribution in [0.5, 0.6) is 6.01 Å². The maximum absolute atomic E-state index is 14.7. The van der Waals surface area contributed by atoms with Crippen LogP contribution in [0, 0.1) is 5.82 Å². The van der Waals surface area contributed by atoms with Crippen LogP contribution in [0.1, 0.15) is 32.1 Å². The van der Waals surface area contributed by atoms with Gasteiger partial charge in [0.05, 0.1) is 17.0 Å². The molecule has 1 unspecified atom stereocenters. The van der Waals surface area contributed by atoms with E-state index in [2.05, 4.69) is 19.9 Å². The molecule has 3 fully saturated rings. The molecule has 2 aromatic heterocycles. The van der Waals surface area contributed by atoms with Gasteiger partial charge in [-0.15, -0.1) is 0 Å². The fourth-order valence-corrected chi connectivity index (χ4v) is 5.24. The van der Waals surface area contributed by atoms with Crippen LogP contribution in [-0.2, 0) is 0 Å². The van der Waals surface area contributed by atoms with Gasteiger partial charge in [0.1, 0.15) is 24.1 Å². The van der Waals surface area contributed by atoms with Gasteiger partial charge >= 0.3 is 6.01 Å². The van der Waals surface area contributed by atoms with E-state index in [1.165, 1.54) is 6.20 Å². The van der Waals surface area contributed by atoms with Crippen molar-refractivity contribution in [2.75, 3.05) is 37.7 Å². The fraction of sp³-hybridized carbons (Fsp3) is 0.650. The van der Waals surface area contributed by atoms with Crippen LogP contribution in [0.2, 0.25) is 5.15 Å². The van der Waals surface area contributed by atoms with Crippen LogP contribution >= 0.6 is 11.6 Å². The number of rotatable bonds is 4. The number of piperidine rings is 1.